The van der Waals surface area contributed by atoms with Gasteiger partial charge >= 0.3 is 6.18 Å². The number of hydrogen-bond acceptors (Lipinski definition) is 1. The fourth-order valence-corrected chi connectivity index (χ4v) is 1.44. The third-order valence-corrected chi connectivity index (χ3v) is 2.35. The summed E-state index contributed by atoms with van der Waals surface area (Å²) in [5.74, 6) is 0. The molecule has 0 unspecified atom stereocenters. The number of rotatable bonds is 2. The van der Waals surface area contributed by atoms with Crippen LogP contribution in [0.4, 0.5) is 13.2 Å². The molecule has 1 aromatic carbocycles. The maximum atomic E-state index is 12.4. The van der Waals surface area contributed by atoms with Gasteiger partial charge in [0.2, 0.25) is 0 Å². The van der Waals surface area contributed by atoms with E-state index in [0.29, 0.717) is 0 Å². The van der Waals surface area contributed by atoms with Crippen LogP contribution in [0, 0.1) is 0 Å². The Morgan fingerprint density at radius 2 is 1.67 bits per heavy atom. The van der Waals surface area contributed by atoms with Gasteiger partial charge in [0, 0.05) is 4.47 Å². The molecule has 86 valence electrons. The summed E-state index contributed by atoms with van der Waals surface area (Å²) in [6.45, 7) is 0. The van der Waals surface area contributed by atoms with E-state index < -0.39 is 12.2 Å². The van der Waals surface area contributed by atoms with Crippen molar-refractivity contribution in [2.45, 2.75) is 12.2 Å². The minimum absolute atomic E-state index is 0. The van der Waals surface area contributed by atoms with Crippen LogP contribution in [0.5, 0.6) is 0 Å². The fourth-order valence-electron chi connectivity index (χ4n) is 1.17. The molecule has 0 aliphatic carbocycles. The highest BCUT2D eigenvalue weighted by Crippen LogP contribution is 2.32. The zero-order chi connectivity index (χ0) is 10.8. The van der Waals surface area contributed by atoms with Crippen molar-refractivity contribution in [1.82, 2.24) is 5.32 Å². The van der Waals surface area contributed by atoms with Crippen LogP contribution in [0.25, 0.3) is 0 Å². The van der Waals surface area contributed by atoms with Crippen LogP contribution in [0.15, 0.2) is 28.7 Å². The third-order valence-electron chi connectivity index (χ3n) is 1.82. The van der Waals surface area contributed by atoms with Gasteiger partial charge in [0.25, 0.3) is 0 Å². The minimum atomic E-state index is -4.26. The first-order chi connectivity index (χ1) is 6.45. The van der Waals surface area contributed by atoms with Crippen molar-refractivity contribution in [2.24, 2.45) is 0 Å². The van der Waals surface area contributed by atoms with Crippen molar-refractivity contribution >= 4 is 28.3 Å². The Kier molecular flexibility index (Phi) is 5.62. The van der Waals surface area contributed by atoms with Crippen LogP contribution in [0.1, 0.15) is 11.6 Å². The van der Waals surface area contributed by atoms with Crippen LogP contribution in [0.3, 0.4) is 0 Å². The molecule has 0 spiro atoms. The van der Waals surface area contributed by atoms with Crippen molar-refractivity contribution in [3.8, 4) is 0 Å². The Labute approximate surface area is 101 Å². The molecule has 0 saturated carbocycles. The molecule has 0 fully saturated rings. The van der Waals surface area contributed by atoms with Crippen LogP contribution >= 0.6 is 28.3 Å². The molecule has 0 heterocycles. The van der Waals surface area contributed by atoms with Crippen LogP contribution < -0.4 is 5.32 Å². The predicted octanol–water partition coefficient (Wildman–Crippen LogP) is 3.69. The summed E-state index contributed by atoms with van der Waals surface area (Å²) in [6.07, 6.45) is -4.26. The highest BCUT2D eigenvalue weighted by molar-refractivity contribution is 9.10. The Morgan fingerprint density at radius 1 is 1.20 bits per heavy atom. The summed E-state index contributed by atoms with van der Waals surface area (Å²) in [4.78, 5) is 0. The molecule has 1 rings (SSSR count). The van der Waals surface area contributed by atoms with Crippen molar-refractivity contribution in [2.75, 3.05) is 7.05 Å². The summed E-state index contributed by atoms with van der Waals surface area (Å²) in [5.41, 5.74) is 0.211. The van der Waals surface area contributed by atoms with Crippen LogP contribution in [-0.4, -0.2) is 13.2 Å². The van der Waals surface area contributed by atoms with E-state index in [1.165, 1.54) is 19.2 Å². The number of nitrogens with one attached hydrogen (secondary N) is 1. The molecule has 15 heavy (non-hydrogen) atoms. The van der Waals surface area contributed by atoms with Crippen LogP contribution in [0.2, 0.25) is 0 Å². The molecule has 1 nitrogen and oxygen atoms in total. The number of hydrogen-bond donors (Lipinski definition) is 1. The smallest absolute Gasteiger partial charge is 0.306 e. The zero-order valence-corrected chi connectivity index (χ0v) is 10.2. The van der Waals surface area contributed by atoms with Gasteiger partial charge in [0.05, 0.1) is 0 Å². The summed E-state index contributed by atoms with van der Waals surface area (Å²) < 4.78 is 38.1. The molecule has 1 N–H and O–H groups in total. The van der Waals surface area contributed by atoms with Gasteiger partial charge in [-0.1, -0.05) is 28.1 Å². The second kappa shape index (κ2) is 5.72. The number of alkyl halides is 3. The van der Waals surface area contributed by atoms with E-state index in [1.807, 2.05) is 0 Å². The molecule has 0 aromatic heterocycles. The molecule has 1 aromatic rings. The first-order valence-electron chi connectivity index (χ1n) is 3.94. The first-order valence-corrected chi connectivity index (χ1v) is 4.74. The maximum Gasteiger partial charge on any atom is 0.407 e. The van der Waals surface area contributed by atoms with E-state index in [1.54, 1.807) is 12.1 Å². The molecule has 0 radical (unpaired) electrons. The topological polar surface area (TPSA) is 12.0 Å². The summed E-state index contributed by atoms with van der Waals surface area (Å²) >= 11 is 3.17. The monoisotopic (exact) mass is 303 g/mol. The average molecular weight is 305 g/mol. The van der Waals surface area contributed by atoms with Gasteiger partial charge in [-0.25, -0.2) is 0 Å². The molecule has 0 bridgehead atoms. The molecule has 0 amide bonds. The quantitative estimate of drug-likeness (QED) is 0.878. The van der Waals surface area contributed by atoms with Crippen LogP contribution in [-0.2, 0) is 0 Å². The summed E-state index contributed by atoms with van der Waals surface area (Å²) in [7, 11) is 1.29. The van der Waals surface area contributed by atoms with Crippen molar-refractivity contribution in [3.63, 3.8) is 0 Å². The van der Waals surface area contributed by atoms with Gasteiger partial charge in [-0.3, -0.25) is 0 Å². The van der Waals surface area contributed by atoms with Gasteiger partial charge in [-0.05, 0) is 24.7 Å². The number of benzene rings is 1. The lowest BCUT2D eigenvalue weighted by Crippen LogP contribution is -2.31. The van der Waals surface area contributed by atoms with Gasteiger partial charge in [0.1, 0.15) is 6.04 Å². The van der Waals surface area contributed by atoms with E-state index in [4.69, 9.17) is 0 Å². The number of halogens is 5. The highest BCUT2D eigenvalue weighted by atomic mass is 79.9. The van der Waals surface area contributed by atoms with E-state index in [2.05, 4.69) is 21.2 Å². The lowest BCUT2D eigenvalue weighted by atomic mass is 10.1. The predicted molar refractivity (Wildman–Crippen MR) is 59.2 cm³/mol. The van der Waals surface area contributed by atoms with Crippen molar-refractivity contribution < 1.29 is 13.2 Å². The first kappa shape index (κ1) is 14.7. The molecule has 0 saturated heterocycles. The molecule has 1 atom stereocenters. The Hall–Kier alpha value is -0.260. The minimum Gasteiger partial charge on any atom is -0.306 e. The highest BCUT2D eigenvalue weighted by Gasteiger charge is 2.39. The normalized spacial score (nSPS) is 13.1. The molecule has 0 aliphatic rings. The lowest BCUT2D eigenvalue weighted by molar-refractivity contribution is -0.156. The van der Waals surface area contributed by atoms with Gasteiger partial charge < -0.3 is 5.32 Å². The van der Waals surface area contributed by atoms with E-state index >= 15 is 0 Å². The third kappa shape index (κ3) is 4.01. The SMILES string of the molecule is CN[C@H](c1ccc(Br)cc1)C(F)(F)F.Cl. The van der Waals surface area contributed by atoms with Gasteiger partial charge in [0.15, 0.2) is 0 Å². The second-order valence-electron chi connectivity index (χ2n) is 2.81. The summed E-state index contributed by atoms with van der Waals surface area (Å²) in [6, 6.07) is 4.46. The van der Waals surface area contributed by atoms with E-state index in [-0.39, 0.29) is 18.0 Å². The average Bonchev–Trinajstić information content (AvgIpc) is 2.07. The van der Waals surface area contributed by atoms with Gasteiger partial charge in [-0.15, -0.1) is 12.4 Å². The zero-order valence-electron chi connectivity index (χ0n) is 7.81. The molecular weight excluding hydrogens is 294 g/mol. The Morgan fingerprint density at radius 3 is 2.00 bits per heavy atom. The molecule has 0 aliphatic heterocycles. The lowest BCUT2D eigenvalue weighted by Gasteiger charge is -2.19. The van der Waals surface area contributed by atoms with Crippen molar-refractivity contribution in [3.05, 3.63) is 34.3 Å². The standard InChI is InChI=1S/C9H9BrF3N.ClH/c1-14-8(9(11,12)13)6-2-4-7(10)5-3-6;/h2-5,8,14H,1H3;1H/t8-;/m1./s1. The largest absolute Gasteiger partial charge is 0.407 e. The Balaban J connectivity index is 0.00000196. The molecular formula is C9H10BrClF3N. The van der Waals surface area contributed by atoms with Gasteiger partial charge in [-0.2, -0.15) is 13.2 Å². The van der Waals surface area contributed by atoms with E-state index in [9.17, 15) is 13.2 Å². The summed E-state index contributed by atoms with van der Waals surface area (Å²) in [5, 5.41) is 2.24. The fraction of sp³-hybridized carbons (Fsp3) is 0.333. The van der Waals surface area contributed by atoms with Crippen molar-refractivity contribution in [1.29, 1.82) is 0 Å². The van der Waals surface area contributed by atoms with E-state index in [0.717, 1.165) is 4.47 Å². The molecule has 6 heteroatoms. The Bertz CT molecular complexity index is 299. The maximum absolute atomic E-state index is 12.4. The second-order valence-corrected chi connectivity index (χ2v) is 3.73.